The zero-order chi connectivity index (χ0) is 28.9. The summed E-state index contributed by atoms with van der Waals surface area (Å²) in [5.74, 6) is 0.622. The van der Waals surface area contributed by atoms with Gasteiger partial charge in [-0.1, -0.05) is 26.2 Å². The lowest BCUT2D eigenvalue weighted by molar-refractivity contribution is -0.384. The Kier molecular flexibility index (Phi) is 10.2. The smallest absolute Gasteiger partial charge is 0.271 e. The van der Waals surface area contributed by atoms with E-state index in [-0.39, 0.29) is 34.6 Å². The second-order valence-electron chi connectivity index (χ2n) is 10.9. The molecule has 224 valence electrons. The first-order valence-electron chi connectivity index (χ1n) is 14.3. The Hall–Kier alpha value is -3.96. The summed E-state index contributed by atoms with van der Waals surface area (Å²) in [4.78, 5) is 41.4. The summed E-state index contributed by atoms with van der Waals surface area (Å²) in [6, 6.07) is 11.5. The van der Waals surface area contributed by atoms with E-state index in [0.29, 0.717) is 11.5 Å². The normalized spacial score (nSPS) is 16.1. The number of non-ortho nitro benzene ring substituents is 2. The number of carbonyl (C=O) groups is 1. The van der Waals surface area contributed by atoms with Crippen molar-refractivity contribution >= 4 is 51.5 Å². The Morgan fingerprint density at radius 2 is 1.60 bits per heavy atom. The fourth-order valence-electron chi connectivity index (χ4n) is 5.95. The number of aromatic amines is 1. The average molecular weight is 597 g/mol. The molecule has 1 aliphatic heterocycles. The van der Waals surface area contributed by atoms with Gasteiger partial charge < -0.3 is 19.4 Å². The number of hydrogen-bond donors (Lipinski definition) is 1. The highest BCUT2D eigenvalue weighted by Crippen LogP contribution is 2.31. The van der Waals surface area contributed by atoms with Gasteiger partial charge in [-0.2, -0.15) is 0 Å². The molecule has 1 saturated heterocycles. The number of likely N-dealkylation sites (N-methyl/N-ethyl adjacent to an activating group) is 1. The number of carbonyl (C=O) groups excluding carboxylic acids is 1. The zero-order valence-electron chi connectivity index (χ0n) is 23.7. The van der Waals surface area contributed by atoms with Crippen LogP contribution in [0.4, 0.5) is 11.4 Å². The van der Waals surface area contributed by atoms with Crippen LogP contribution < -0.4 is 0 Å². The number of hydrogen-bond acceptors (Lipinski definition) is 6. The number of benzene rings is 2. The van der Waals surface area contributed by atoms with Gasteiger partial charge in [0.1, 0.15) is 0 Å². The maximum Gasteiger partial charge on any atom is 0.271 e. The molecule has 1 N–H and O–H groups in total. The number of piperazine rings is 1. The van der Waals surface area contributed by atoms with Crippen LogP contribution in [0, 0.1) is 26.1 Å². The Morgan fingerprint density at radius 1 is 0.929 bits per heavy atom. The molecule has 2 aromatic heterocycles. The molecular formula is C30H37ClN6O5. The Bertz CT molecular complexity index is 1550. The van der Waals surface area contributed by atoms with Gasteiger partial charge in [0.2, 0.25) is 0 Å². The number of halogens is 1. The van der Waals surface area contributed by atoms with Gasteiger partial charge in [0.05, 0.1) is 26.4 Å². The molecule has 0 spiro atoms. The van der Waals surface area contributed by atoms with Gasteiger partial charge in [-0.05, 0) is 48.9 Å². The monoisotopic (exact) mass is 596 g/mol. The quantitative estimate of drug-likeness (QED) is 0.202. The predicted molar refractivity (Wildman–Crippen MR) is 165 cm³/mol. The summed E-state index contributed by atoms with van der Waals surface area (Å²) >= 11 is 0. The standard InChI is InChI=1S/C22H30N4O3.C8H6N2O2.ClH/c1-2-23-10-12-24(13-11-23)22(27)20-16-25(15-17-6-4-3-5-7-17)21-14-18(26(28)29)8-9-19(20)21;11-10(12)7-2-1-6-3-4-9-8(6)5-7;/h8-9,14,16-17H,2-7,10-13,15H2,1H3;1-5,9H;1H. The molecule has 0 unspecified atom stereocenters. The van der Waals surface area contributed by atoms with Crippen molar-refractivity contribution in [1.29, 1.82) is 0 Å². The van der Waals surface area contributed by atoms with Crippen LogP contribution in [0.25, 0.3) is 21.8 Å². The van der Waals surface area contributed by atoms with Gasteiger partial charge >= 0.3 is 0 Å². The molecule has 1 saturated carbocycles. The van der Waals surface area contributed by atoms with Gasteiger partial charge in [0.25, 0.3) is 17.3 Å². The number of H-pyrrole nitrogens is 1. The third-order valence-corrected chi connectivity index (χ3v) is 8.34. The largest absolute Gasteiger partial charge is 0.361 e. The first kappa shape index (κ1) is 31.0. The number of amides is 1. The minimum absolute atomic E-state index is 0. The van der Waals surface area contributed by atoms with Crippen LogP contribution in [0.2, 0.25) is 0 Å². The van der Waals surface area contributed by atoms with Crippen LogP contribution in [-0.2, 0) is 6.54 Å². The molecule has 1 amide bonds. The van der Waals surface area contributed by atoms with Crippen molar-refractivity contribution in [2.75, 3.05) is 32.7 Å². The van der Waals surface area contributed by atoms with Crippen molar-refractivity contribution < 1.29 is 14.6 Å². The van der Waals surface area contributed by atoms with Gasteiger partial charge in [-0.15, -0.1) is 12.4 Å². The lowest BCUT2D eigenvalue weighted by Crippen LogP contribution is -2.48. The number of rotatable bonds is 6. The number of aromatic nitrogens is 2. The first-order chi connectivity index (χ1) is 19.8. The highest BCUT2D eigenvalue weighted by Gasteiger charge is 2.26. The number of nitrogens with zero attached hydrogens (tertiary/aromatic N) is 5. The third kappa shape index (κ3) is 6.91. The number of fused-ring (bicyclic) bond motifs is 2. The molecular weight excluding hydrogens is 560 g/mol. The summed E-state index contributed by atoms with van der Waals surface area (Å²) in [5.41, 5.74) is 2.47. The van der Waals surface area contributed by atoms with Gasteiger partial charge in [0.15, 0.2) is 0 Å². The molecule has 11 nitrogen and oxygen atoms in total. The second-order valence-corrected chi connectivity index (χ2v) is 10.9. The molecule has 1 aliphatic carbocycles. The Labute approximate surface area is 250 Å². The SMILES string of the molecule is CCN1CCN(C(=O)c2cn(CC3CCCCC3)c3cc([N+](=O)[O-])ccc23)CC1.Cl.O=[N+]([O-])c1ccc2cc[nH]c2c1. The summed E-state index contributed by atoms with van der Waals surface area (Å²) < 4.78 is 2.09. The van der Waals surface area contributed by atoms with Gasteiger partial charge in [-0.3, -0.25) is 25.0 Å². The minimum Gasteiger partial charge on any atom is -0.361 e. The molecule has 6 rings (SSSR count). The van der Waals surface area contributed by atoms with Crippen molar-refractivity contribution in [3.8, 4) is 0 Å². The molecule has 12 heteroatoms. The van der Waals surface area contributed by atoms with E-state index >= 15 is 0 Å². The van der Waals surface area contributed by atoms with Crippen LogP contribution in [0.3, 0.4) is 0 Å². The van der Waals surface area contributed by atoms with E-state index in [4.69, 9.17) is 0 Å². The predicted octanol–water partition coefficient (Wildman–Crippen LogP) is 6.41. The second kappa shape index (κ2) is 13.8. The van der Waals surface area contributed by atoms with Crippen molar-refractivity contribution in [2.45, 2.75) is 45.6 Å². The molecule has 42 heavy (non-hydrogen) atoms. The minimum atomic E-state index is -0.402. The molecule has 2 aliphatic rings. The number of nitro groups is 2. The summed E-state index contributed by atoms with van der Waals surface area (Å²) in [6.07, 6.45) is 9.87. The third-order valence-electron chi connectivity index (χ3n) is 8.34. The van der Waals surface area contributed by atoms with E-state index in [1.54, 1.807) is 24.4 Å². The molecule has 0 atom stereocenters. The lowest BCUT2D eigenvalue weighted by Gasteiger charge is -2.34. The fourth-order valence-corrected chi connectivity index (χ4v) is 5.95. The summed E-state index contributed by atoms with van der Waals surface area (Å²) in [5, 5.41) is 23.5. The van der Waals surface area contributed by atoms with E-state index in [1.807, 2.05) is 17.2 Å². The summed E-state index contributed by atoms with van der Waals surface area (Å²) in [6.45, 7) is 7.23. The topological polar surface area (TPSA) is 131 Å². The van der Waals surface area contributed by atoms with Crippen LogP contribution in [-0.4, -0.2) is 67.8 Å². The van der Waals surface area contributed by atoms with Crippen LogP contribution >= 0.6 is 12.4 Å². The highest BCUT2D eigenvalue weighted by molar-refractivity contribution is 6.07. The van der Waals surface area contributed by atoms with Crippen LogP contribution in [0.5, 0.6) is 0 Å². The molecule has 4 aromatic rings. The van der Waals surface area contributed by atoms with E-state index in [9.17, 15) is 25.0 Å². The van der Waals surface area contributed by atoms with E-state index < -0.39 is 4.92 Å². The number of nitro benzene ring substituents is 2. The van der Waals surface area contributed by atoms with E-state index in [0.717, 1.165) is 61.1 Å². The highest BCUT2D eigenvalue weighted by atomic mass is 35.5. The summed E-state index contributed by atoms with van der Waals surface area (Å²) in [7, 11) is 0. The maximum atomic E-state index is 13.3. The maximum absolute atomic E-state index is 13.3. The molecule has 3 heterocycles. The first-order valence-corrected chi connectivity index (χ1v) is 14.3. The van der Waals surface area contributed by atoms with E-state index in [1.165, 1.54) is 50.3 Å². The Balaban J connectivity index is 0.000000261. The van der Waals surface area contributed by atoms with Gasteiger partial charge in [-0.25, -0.2) is 0 Å². The zero-order valence-corrected chi connectivity index (χ0v) is 24.6. The molecule has 0 bridgehead atoms. The molecule has 2 fully saturated rings. The van der Waals surface area contributed by atoms with Gasteiger partial charge in [0, 0.05) is 74.8 Å². The average Bonchev–Trinajstić information content (AvgIpc) is 3.62. The van der Waals surface area contributed by atoms with Crippen molar-refractivity contribution in [3.63, 3.8) is 0 Å². The fraction of sp³-hybridized carbons (Fsp3) is 0.433. The molecule has 2 aromatic carbocycles. The van der Waals surface area contributed by atoms with Crippen molar-refractivity contribution in [2.24, 2.45) is 5.92 Å². The van der Waals surface area contributed by atoms with Crippen LogP contribution in [0.1, 0.15) is 49.4 Å². The van der Waals surface area contributed by atoms with Crippen molar-refractivity contribution in [1.82, 2.24) is 19.4 Å². The van der Waals surface area contributed by atoms with E-state index in [2.05, 4.69) is 21.4 Å². The Morgan fingerprint density at radius 3 is 2.26 bits per heavy atom. The van der Waals surface area contributed by atoms with Crippen LogP contribution in [0.15, 0.2) is 54.9 Å². The lowest BCUT2D eigenvalue weighted by atomic mass is 9.89. The van der Waals surface area contributed by atoms with Crippen molar-refractivity contribution in [3.05, 3.63) is 80.7 Å². The molecule has 0 radical (unpaired) electrons. The number of nitrogens with one attached hydrogen (secondary N) is 1.